The molecule has 0 heterocycles. The first-order chi connectivity index (χ1) is 11.2. The molecule has 3 aromatic rings. The zero-order valence-corrected chi connectivity index (χ0v) is 17.0. The fraction of sp³-hybridized carbons (Fsp3) is 0. The molecule has 3 aromatic carbocycles. The van der Waals surface area contributed by atoms with Gasteiger partial charge in [0.2, 0.25) is 0 Å². The molecule has 0 amide bonds. The van der Waals surface area contributed by atoms with Crippen LogP contribution in [0.4, 0.5) is 22.7 Å². The fourth-order valence-electron chi connectivity index (χ4n) is 2.32. The number of benzene rings is 3. The average molecular weight is 358 g/mol. The molecule has 1 N–H and O–H groups in total. The Morgan fingerprint density at radius 3 is 1.71 bits per heavy atom. The minimum atomic E-state index is 0. The van der Waals surface area contributed by atoms with Crippen LogP contribution in [-0.2, 0) is 12.6 Å². The molecule has 0 fully saturated rings. The Morgan fingerprint density at radius 1 is 0.708 bits per heavy atom. The number of para-hydroxylation sites is 2. The molecule has 0 bridgehead atoms. The molecule has 0 saturated heterocycles. The van der Waals surface area contributed by atoms with E-state index in [1.54, 1.807) is 0 Å². The van der Waals surface area contributed by atoms with Gasteiger partial charge in [-0.3, -0.25) is 0 Å². The minimum Gasteiger partial charge on any atom is -0.411 e. The molecule has 0 atom stereocenters. The van der Waals surface area contributed by atoms with Gasteiger partial charge < -0.3 is 35.1 Å². The van der Waals surface area contributed by atoms with Crippen LogP contribution in [0.3, 0.4) is 0 Å². The second kappa shape index (κ2) is 9.16. The Bertz CT molecular complexity index is 777. The number of nitrogens with zero attached hydrogens (tertiary/aromatic N) is 1. The maximum Gasteiger partial charge on any atom is 1.00 e. The number of anilines is 4. The van der Waals surface area contributed by atoms with Gasteiger partial charge in [-0.25, -0.2) is 0 Å². The van der Waals surface area contributed by atoms with E-state index in [0.717, 1.165) is 22.7 Å². The van der Waals surface area contributed by atoms with Crippen LogP contribution >= 0.6 is 12.2 Å². The third kappa shape index (κ3) is 4.79. The van der Waals surface area contributed by atoms with Crippen LogP contribution in [0.5, 0.6) is 0 Å². The van der Waals surface area contributed by atoms with Gasteiger partial charge in [0.05, 0.1) is 0 Å². The summed E-state index contributed by atoms with van der Waals surface area (Å²) in [5, 5.41) is 3.36. The van der Waals surface area contributed by atoms with E-state index in [0.29, 0.717) is 4.32 Å². The van der Waals surface area contributed by atoms with Crippen LogP contribution < -0.4 is 39.8 Å². The molecule has 5 heteroatoms. The summed E-state index contributed by atoms with van der Waals surface area (Å²) in [6.07, 6.45) is 0. The molecule has 0 spiro atoms. The van der Waals surface area contributed by atoms with Crippen molar-refractivity contribution in [2.24, 2.45) is 0 Å². The number of hydrogen-bond acceptors (Lipinski definition) is 3. The van der Waals surface area contributed by atoms with Crippen molar-refractivity contribution in [1.29, 1.82) is 0 Å². The van der Waals surface area contributed by atoms with Gasteiger partial charge in [0, 0.05) is 22.7 Å². The number of rotatable bonds is 4. The van der Waals surface area contributed by atoms with Crippen molar-refractivity contribution in [3.63, 3.8) is 0 Å². The normalized spacial score (nSPS) is 9.67. The summed E-state index contributed by atoms with van der Waals surface area (Å²) in [6, 6.07) is 28.0. The smallest absolute Gasteiger partial charge is 0.411 e. The quantitative estimate of drug-likeness (QED) is 0.437. The van der Waals surface area contributed by atoms with Gasteiger partial charge in [-0.05, 0) is 48.5 Å². The van der Waals surface area contributed by atoms with E-state index in [2.05, 4.69) is 5.32 Å². The van der Waals surface area contributed by atoms with Crippen LogP contribution in [-0.4, -0.2) is 4.32 Å². The second-order valence-corrected chi connectivity index (χ2v) is 6.01. The van der Waals surface area contributed by atoms with Crippen molar-refractivity contribution in [3.05, 3.63) is 84.9 Å². The standard InChI is InChI=1S/C19H16N2S2.Na/c22-19(23)21(17-9-5-2-6-10-17)18-13-11-16(12-14-18)20-15-7-3-1-4-8-15;/h1-14,20H,(H,22,23);/q;+1/p-1. The van der Waals surface area contributed by atoms with Crippen LogP contribution in [0.1, 0.15) is 0 Å². The Balaban J connectivity index is 0.00000208. The summed E-state index contributed by atoms with van der Waals surface area (Å²) in [6.45, 7) is 0. The van der Waals surface area contributed by atoms with Crippen molar-refractivity contribution < 1.29 is 29.6 Å². The van der Waals surface area contributed by atoms with E-state index in [-0.39, 0.29) is 29.6 Å². The van der Waals surface area contributed by atoms with E-state index in [1.807, 2.05) is 89.8 Å². The summed E-state index contributed by atoms with van der Waals surface area (Å²) in [4.78, 5) is 1.89. The van der Waals surface area contributed by atoms with Gasteiger partial charge in [-0.15, -0.1) is 0 Å². The Kier molecular flexibility index (Phi) is 7.21. The number of hydrogen-bond donors (Lipinski definition) is 1. The van der Waals surface area contributed by atoms with E-state index in [9.17, 15) is 0 Å². The maximum atomic E-state index is 5.24. The second-order valence-electron chi connectivity index (χ2n) is 4.97. The van der Waals surface area contributed by atoms with Gasteiger partial charge >= 0.3 is 29.6 Å². The van der Waals surface area contributed by atoms with Crippen LogP contribution in [0, 0.1) is 0 Å². The van der Waals surface area contributed by atoms with Crippen LogP contribution in [0.25, 0.3) is 0 Å². The summed E-state index contributed by atoms with van der Waals surface area (Å²) in [7, 11) is 0. The first-order valence-electron chi connectivity index (χ1n) is 7.22. The van der Waals surface area contributed by atoms with E-state index in [4.69, 9.17) is 24.8 Å². The van der Waals surface area contributed by atoms with Crippen molar-refractivity contribution in [3.8, 4) is 0 Å². The zero-order valence-electron chi connectivity index (χ0n) is 13.3. The monoisotopic (exact) mass is 358 g/mol. The van der Waals surface area contributed by atoms with Crippen LogP contribution in [0.2, 0.25) is 0 Å². The molecule has 2 nitrogen and oxygen atoms in total. The zero-order chi connectivity index (χ0) is 16.1. The Hall–Kier alpha value is -1.43. The van der Waals surface area contributed by atoms with Gasteiger partial charge in [-0.2, -0.15) is 0 Å². The van der Waals surface area contributed by atoms with E-state index < -0.39 is 0 Å². The van der Waals surface area contributed by atoms with Gasteiger partial charge in [-0.1, -0.05) is 40.7 Å². The van der Waals surface area contributed by atoms with Gasteiger partial charge in [0.25, 0.3) is 0 Å². The third-order valence-electron chi connectivity index (χ3n) is 3.38. The van der Waals surface area contributed by atoms with Crippen molar-refractivity contribution in [2.45, 2.75) is 0 Å². The molecule has 0 aliphatic carbocycles. The Morgan fingerprint density at radius 2 is 1.17 bits per heavy atom. The van der Waals surface area contributed by atoms with E-state index >= 15 is 0 Å². The molecule has 114 valence electrons. The SMILES string of the molecule is S=C([S-])N(c1ccccc1)c1ccc(Nc2ccccc2)cc1.[Na+]. The van der Waals surface area contributed by atoms with Crippen molar-refractivity contribution >= 4 is 51.9 Å². The molecule has 0 radical (unpaired) electrons. The fourth-order valence-corrected chi connectivity index (χ4v) is 2.74. The molecule has 0 aromatic heterocycles. The molecule has 24 heavy (non-hydrogen) atoms. The molecule has 0 aliphatic rings. The molecule has 0 aliphatic heterocycles. The maximum absolute atomic E-state index is 5.24. The van der Waals surface area contributed by atoms with E-state index in [1.165, 1.54) is 0 Å². The predicted octanol–water partition coefficient (Wildman–Crippen LogP) is 2.40. The van der Waals surface area contributed by atoms with Crippen molar-refractivity contribution in [2.75, 3.05) is 10.2 Å². The minimum absolute atomic E-state index is 0. The molecular formula is C19H15N2NaS2. The van der Waals surface area contributed by atoms with Gasteiger partial charge in [0.15, 0.2) is 0 Å². The summed E-state index contributed by atoms with van der Waals surface area (Å²) in [5.74, 6) is 0. The largest absolute Gasteiger partial charge is 1.00 e. The Labute approximate surface area is 175 Å². The molecule has 0 unspecified atom stereocenters. The number of thiocarbonyl (C=S) groups is 1. The number of nitrogens with one attached hydrogen (secondary N) is 1. The molecular weight excluding hydrogens is 343 g/mol. The first kappa shape index (κ1) is 18.9. The third-order valence-corrected chi connectivity index (χ3v) is 3.75. The molecule has 3 rings (SSSR count). The van der Waals surface area contributed by atoms with Crippen LogP contribution in [0.15, 0.2) is 84.9 Å². The first-order valence-corrected chi connectivity index (χ1v) is 8.04. The topological polar surface area (TPSA) is 15.3 Å². The predicted molar refractivity (Wildman–Crippen MR) is 105 cm³/mol. The molecule has 0 saturated carbocycles. The summed E-state index contributed by atoms with van der Waals surface area (Å²) >= 11 is 10.5. The van der Waals surface area contributed by atoms with Gasteiger partial charge in [0.1, 0.15) is 0 Å². The van der Waals surface area contributed by atoms with Crippen molar-refractivity contribution in [1.82, 2.24) is 0 Å². The average Bonchev–Trinajstić information content (AvgIpc) is 2.58. The summed E-state index contributed by atoms with van der Waals surface area (Å²) in [5.41, 5.74) is 3.99. The summed E-state index contributed by atoms with van der Waals surface area (Å²) < 4.78 is 0.403.